The fourth-order valence-electron chi connectivity index (χ4n) is 3.49. The van der Waals surface area contributed by atoms with E-state index in [0.717, 1.165) is 0 Å². The molecule has 1 aromatic carbocycles. The molecule has 166 valence electrons. The van der Waals surface area contributed by atoms with Gasteiger partial charge >= 0.3 is 0 Å². The molecule has 1 aliphatic heterocycles. The standard InChI is InChI=1S/C22H25BrFN3O4/c1-13-10-27(14(2)12-28)22(30)17-8-15(23)9-25-20(17)31-19(13)11-26(3)21(29)16-6-4-5-7-18(16)24/h4-9,13-14,19,28H,10-12H2,1-3H3/t13-,14-,19-/m0/s1. The lowest BCUT2D eigenvalue weighted by atomic mass is 10.00. The summed E-state index contributed by atoms with van der Waals surface area (Å²) >= 11 is 3.33. The highest BCUT2D eigenvalue weighted by atomic mass is 79.9. The van der Waals surface area contributed by atoms with Crippen molar-refractivity contribution in [1.82, 2.24) is 14.8 Å². The van der Waals surface area contributed by atoms with E-state index < -0.39 is 23.9 Å². The Labute approximate surface area is 189 Å². The number of aliphatic hydroxyl groups excluding tert-OH is 1. The first-order valence-electron chi connectivity index (χ1n) is 9.97. The van der Waals surface area contributed by atoms with Crippen LogP contribution < -0.4 is 4.74 Å². The molecule has 3 atom stereocenters. The number of ether oxygens (including phenoxy) is 1. The van der Waals surface area contributed by atoms with Crippen molar-refractivity contribution in [2.24, 2.45) is 5.92 Å². The average Bonchev–Trinajstić information content (AvgIpc) is 2.76. The number of hydrogen-bond donors (Lipinski definition) is 1. The van der Waals surface area contributed by atoms with Gasteiger partial charge in [-0.1, -0.05) is 19.1 Å². The number of halogens is 2. The second-order valence-corrected chi connectivity index (χ2v) is 8.71. The molecule has 1 N–H and O–H groups in total. The van der Waals surface area contributed by atoms with Gasteiger partial charge in [0.1, 0.15) is 17.5 Å². The summed E-state index contributed by atoms with van der Waals surface area (Å²) in [5.74, 6) is -1.36. The van der Waals surface area contributed by atoms with E-state index in [-0.39, 0.29) is 42.0 Å². The molecular weight excluding hydrogens is 469 g/mol. The smallest absolute Gasteiger partial charge is 0.259 e. The summed E-state index contributed by atoms with van der Waals surface area (Å²) < 4.78 is 20.8. The first-order valence-corrected chi connectivity index (χ1v) is 10.8. The van der Waals surface area contributed by atoms with Gasteiger partial charge in [-0.3, -0.25) is 9.59 Å². The van der Waals surface area contributed by atoms with E-state index >= 15 is 0 Å². The number of hydrogen-bond acceptors (Lipinski definition) is 5. The number of benzene rings is 1. The van der Waals surface area contributed by atoms with E-state index in [0.29, 0.717) is 11.0 Å². The molecule has 0 spiro atoms. The molecule has 0 saturated heterocycles. The first-order chi connectivity index (χ1) is 14.7. The summed E-state index contributed by atoms with van der Waals surface area (Å²) in [6.07, 6.45) is 1.03. The number of aliphatic hydroxyl groups is 1. The Morgan fingerprint density at radius 1 is 1.45 bits per heavy atom. The van der Waals surface area contributed by atoms with Crippen molar-refractivity contribution in [3.63, 3.8) is 0 Å². The maximum atomic E-state index is 14.1. The molecule has 31 heavy (non-hydrogen) atoms. The van der Waals surface area contributed by atoms with Crippen molar-refractivity contribution >= 4 is 27.7 Å². The maximum absolute atomic E-state index is 14.1. The molecule has 1 aromatic heterocycles. The fraction of sp³-hybridized carbons (Fsp3) is 0.409. The molecular formula is C22H25BrFN3O4. The van der Waals surface area contributed by atoms with Gasteiger partial charge in [-0.2, -0.15) is 0 Å². The Bertz CT molecular complexity index is 974. The van der Waals surface area contributed by atoms with Crippen molar-refractivity contribution in [2.45, 2.75) is 26.0 Å². The molecule has 0 unspecified atom stereocenters. The van der Waals surface area contributed by atoms with Crippen LogP contribution in [0.2, 0.25) is 0 Å². The second kappa shape index (κ2) is 9.74. The number of rotatable bonds is 5. The van der Waals surface area contributed by atoms with E-state index in [2.05, 4.69) is 20.9 Å². The minimum atomic E-state index is -0.587. The number of aromatic nitrogens is 1. The highest BCUT2D eigenvalue weighted by Crippen LogP contribution is 2.28. The maximum Gasteiger partial charge on any atom is 0.259 e. The third-order valence-corrected chi connectivity index (χ3v) is 5.83. The highest BCUT2D eigenvalue weighted by molar-refractivity contribution is 9.10. The third kappa shape index (κ3) is 5.04. The van der Waals surface area contributed by atoms with Crippen LogP contribution in [0.3, 0.4) is 0 Å². The van der Waals surface area contributed by atoms with Crippen LogP contribution in [-0.2, 0) is 0 Å². The predicted octanol–water partition coefficient (Wildman–Crippen LogP) is 2.98. The normalized spacial score (nSPS) is 19.7. The Balaban J connectivity index is 1.91. The van der Waals surface area contributed by atoms with Crippen molar-refractivity contribution in [2.75, 3.05) is 26.7 Å². The molecule has 2 aromatic rings. The molecule has 0 saturated carbocycles. The fourth-order valence-corrected chi connectivity index (χ4v) is 3.82. The van der Waals surface area contributed by atoms with Crippen LogP contribution in [0.1, 0.15) is 34.6 Å². The molecule has 1 aliphatic rings. The minimum Gasteiger partial charge on any atom is -0.472 e. The summed E-state index contributed by atoms with van der Waals surface area (Å²) in [6, 6.07) is 7.04. The predicted molar refractivity (Wildman–Crippen MR) is 116 cm³/mol. The van der Waals surface area contributed by atoms with E-state index in [4.69, 9.17) is 4.74 Å². The molecule has 2 amide bonds. The molecule has 0 radical (unpaired) electrons. The van der Waals surface area contributed by atoms with Gasteiger partial charge in [-0.15, -0.1) is 0 Å². The van der Waals surface area contributed by atoms with Crippen LogP contribution in [0, 0.1) is 11.7 Å². The number of amides is 2. The Morgan fingerprint density at radius 2 is 2.16 bits per heavy atom. The molecule has 9 heteroatoms. The SMILES string of the molecule is C[C@H]1CN([C@@H](C)CO)C(=O)c2cc(Br)cnc2O[C@H]1CN(C)C(=O)c1ccccc1F. The lowest BCUT2D eigenvalue weighted by Crippen LogP contribution is -2.50. The zero-order valence-electron chi connectivity index (χ0n) is 17.6. The van der Waals surface area contributed by atoms with Crippen molar-refractivity contribution < 1.29 is 23.8 Å². The monoisotopic (exact) mass is 493 g/mol. The number of nitrogens with zero attached hydrogens (tertiary/aromatic N) is 3. The number of carbonyl (C=O) groups is 2. The summed E-state index contributed by atoms with van der Waals surface area (Å²) in [7, 11) is 1.58. The lowest BCUT2D eigenvalue weighted by molar-refractivity contribution is 0.0312. The van der Waals surface area contributed by atoms with Crippen LogP contribution in [0.4, 0.5) is 4.39 Å². The quantitative estimate of drug-likeness (QED) is 0.692. The molecule has 7 nitrogen and oxygen atoms in total. The number of carbonyl (C=O) groups excluding carboxylic acids is 2. The third-order valence-electron chi connectivity index (χ3n) is 5.39. The van der Waals surface area contributed by atoms with Gasteiger partial charge in [0.15, 0.2) is 0 Å². The van der Waals surface area contributed by atoms with Gasteiger partial charge in [-0.25, -0.2) is 9.37 Å². The molecule has 0 fully saturated rings. The number of pyridine rings is 1. The van der Waals surface area contributed by atoms with Gasteiger partial charge in [0, 0.05) is 30.2 Å². The minimum absolute atomic E-state index is 0.0170. The first kappa shape index (κ1) is 23.1. The Hall–Kier alpha value is -2.52. The molecule has 0 bridgehead atoms. The Morgan fingerprint density at radius 3 is 2.84 bits per heavy atom. The molecule has 3 rings (SSSR count). The van der Waals surface area contributed by atoms with Crippen LogP contribution in [-0.4, -0.2) is 70.6 Å². The van der Waals surface area contributed by atoms with Gasteiger partial charge in [-0.05, 0) is 41.1 Å². The summed E-state index contributed by atoms with van der Waals surface area (Å²) in [5.41, 5.74) is 0.256. The summed E-state index contributed by atoms with van der Waals surface area (Å²) in [6.45, 7) is 3.97. The average molecular weight is 494 g/mol. The zero-order chi connectivity index (χ0) is 22.7. The second-order valence-electron chi connectivity index (χ2n) is 7.79. The topological polar surface area (TPSA) is 83.0 Å². The van der Waals surface area contributed by atoms with Crippen LogP contribution in [0.15, 0.2) is 41.0 Å². The van der Waals surface area contributed by atoms with Crippen LogP contribution >= 0.6 is 15.9 Å². The van der Waals surface area contributed by atoms with E-state index in [1.165, 1.54) is 29.3 Å². The summed E-state index contributed by atoms with van der Waals surface area (Å²) in [5, 5.41) is 9.65. The lowest BCUT2D eigenvalue weighted by Gasteiger charge is -2.37. The van der Waals surface area contributed by atoms with Gasteiger partial charge in [0.25, 0.3) is 11.8 Å². The van der Waals surface area contributed by atoms with Crippen LogP contribution in [0.25, 0.3) is 0 Å². The zero-order valence-corrected chi connectivity index (χ0v) is 19.2. The van der Waals surface area contributed by atoms with Crippen molar-refractivity contribution in [1.29, 1.82) is 0 Å². The molecule has 0 aliphatic carbocycles. The van der Waals surface area contributed by atoms with Gasteiger partial charge in [0.05, 0.1) is 24.8 Å². The highest BCUT2D eigenvalue weighted by Gasteiger charge is 2.34. The van der Waals surface area contributed by atoms with Crippen molar-refractivity contribution in [3.8, 4) is 5.88 Å². The van der Waals surface area contributed by atoms with Crippen LogP contribution in [0.5, 0.6) is 5.88 Å². The molecule has 2 heterocycles. The van der Waals surface area contributed by atoms with E-state index in [1.807, 2.05) is 6.92 Å². The number of likely N-dealkylation sites (N-methyl/N-ethyl adjacent to an activating group) is 1. The van der Waals surface area contributed by atoms with Crippen molar-refractivity contribution in [3.05, 3.63) is 57.9 Å². The summed E-state index contributed by atoms with van der Waals surface area (Å²) in [4.78, 5) is 33.1. The number of fused-ring (bicyclic) bond motifs is 1. The van der Waals surface area contributed by atoms with E-state index in [1.54, 1.807) is 31.0 Å². The Kier molecular flexibility index (Phi) is 7.27. The largest absolute Gasteiger partial charge is 0.472 e. The van der Waals surface area contributed by atoms with Gasteiger partial charge < -0.3 is 19.6 Å². The van der Waals surface area contributed by atoms with E-state index in [9.17, 15) is 19.1 Å². The van der Waals surface area contributed by atoms with Gasteiger partial charge in [0.2, 0.25) is 5.88 Å².